The third-order valence-corrected chi connectivity index (χ3v) is 7.41. The van der Waals surface area contributed by atoms with E-state index in [4.69, 9.17) is 8.92 Å². The van der Waals surface area contributed by atoms with E-state index in [2.05, 4.69) is 19.9 Å². The second-order valence-corrected chi connectivity index (χ2v) is 10.2. The van der Waals surface area contributed by atoms with Gasteiger partial charge in [-0.1, -0.05) is 18.2 Å². The molecule has 1 saturated heterocycles. The van der Waals surface area contributed by atoms with Gasteiger partial charge in [-0.2, -0.15) is 8.42 Å². The highest BCUT2D eigenvalue weighted by Gasteiger charge is 2.45. The van der Waals surface area contributed by atoms with Crippen molar-refractivity contribution in [2.45, 2.75) is 37.4 Å². The van der Waals surface area contributed by atoms with E-state index < -0.39 is 47.4 Å². The van der Waals surface area contributed by atoms with Crippen LogP contribution in [0.5, 0.6) is 0 Å². The topological polar surface area (TPSA) is 186 Å². The predicted octanol–water partition coefficient (Wildman–Crippen LogP) is 0.190. The first-order chi connectivity index (χ1) is 18.3. The molecule has 6 rings (SSSR count). The number of benzene rings is 1. The van der Waals surface area contributed by atoms with Crippen molar-refractivity contribution in [1.82, 2.24) is 33.6 Å². The molecule has 1 amide bonds. The average Bonchev–Trinajstić information content (AvgIpc) is 3.67. The van der Waals surface area contributed by atoms with Crippen LogP contribution in [0.2, 0.25) is 0 Å². The Morgan fingerprint density at radius 1 is 1.13 bits per heavy atom. The molecule has 198 valence electrons. The zero-order valence-corrected chi connectivity index (χ0v) is 20.5. The number of H-pyrrole nitrogens is 1. The molecule has 2 unspecified atom stereocenters. The fourth-order valence-corrected chi connectivity index (χ4v) is 5.35. The summed E-state index contributed by atoms with van der Waals surface area (Å²) < 4.78 is 40.3. The van der Waals surface area contributed by atoms with Crippen LogP contribution in [-0.2, 0) is 30.4 Å². The summed E-state index contributed by atoms with van der Waals surface area (Å²) in [4.78, 5) is 28.2. The third kappa shape index (κ3) is 4.39. The molecule has 14 nitrogen and oxygen atoms in total. The van der Waals surface area contributed by atoms with Gasteiger partial charge in [-0.05, 0) is 18.1 Å². The molecule has 0 saturated carbocycles. The predicted molar refractivity (Wildman–Crippen MR) is 132 cm³/mol. The first-order valence-electron chi connectivity index (χ1n) is 11.7. The van der Waals surface area contributed by atoms with Crippen LogP contribution >= 0.6 is 0 Å². The van der Waals surface area contributed by atoms with Crippen molar-refractivity contribution in [1.29, 1.82) is 0 Å². The average molecular weight is 542 g/mol. The highest BCUT2D eigenvalue weighted by molar-refractivity contribution is 7.85. The van der Waals surface area contributed by atoms with Gasteiger partial charge in [-0.3, -0.25) is 17.9 Å². The Kier molecular flexibility index (Phi) is 6.08. The molecule has 0 radical (unpaired) electrons. The van der Waals surface area contributed by atoms with Gasteiger partial charge in [0.05, 0.1) is 12.9 Å². The maximum Gasteiger partial charge on any atom is 0.362 e. The van der Waals surface area contributed by atoms with Crippen molar-refractivity contribution in [2.24, 2.45) is 0 Å². The maximum atomic E-state index is 12.3. The molecule has 15 heteroatoms. The summed E-state index contributed by atoms with van der Waals surface area (Å²) in [5, 5.41) is 22.0. The number of nitrogens with zero attached hydrogens (tertiary/aromatic N) is 5. The largest absolute Gasteiger partial charge is 0.387 e. The number of hydrogen-bond acceptors (Lipinski definition) is 10. The molecule has 5 heterocycles. The van der Waals surface area contributed by atoms with Crippen LogP contribution in [0.25, 0.3) is 27.7 Å². The van der Waals surface area contributed by atoms with Crippen LogP contribution in [0.1, 0.15) is 18.2 Å². The molecule has 1 fully saturated rings. The number of nitrogens with one attached hydrogen (secondary N) is 2. The molecule has 38 heavy (non-hydrogen) atoms. The zero-order valence-electron chi connectivity index (χ0n) is 19.7. The third-order valence-electron chi connectivity index (χ3n) is 6.49. The number of rotatable bonds is 8. The molecular formula is C23H23N7O7S. The van der Waals surface area contributed by atoms with E-state index in [9.17, 15) is 23.4 Å². The lowest BCUT2D eigenvalue weighted by Gasteiger charge is -2.16. The number of imidazole rings is 2. The van der Waals surface area contributed by atoms with Crippen LogP contribution in [-0.4, -0.2) is 78.4 Å². The fourth-order valence-electron chi connectivity index (χ4n) is 4.59. The van der Waals surface area contributed by atoms with E-state index in [1.165, 1.54) is 17.2 Å². The molecule has 4 N–H and O–H groups in total. The molecule has 0 spiro atoms. The number of aromatic amines is 1. The Morgan fingerprint density at radius 3 is 2.84 bits per heavy atom. The van der Waals surface area contributed by atoms with Crippen molar-refractivity contribution < 1.29 is 32.3 Å². The molecule has 1 aromatic carbocycles. The molecule has 0 aliphatic carbocycles. The number of para-hydroxylation sites is 1. The standard InChI is InChI=1S/C23H23N7O7S/c31-17(6-5-13-9-25-15-4-2-1-3-14(13)15)28-38(34,35)36-10-16-19(32)20(33)23(37-16)30-12-26-18-21-24-7-8-29(21)11-27-22(18)30/h1-4,7-9,11-12,16,19-20,23,25,32-33H,5-6,10H2,(H,28,31)/t16-,19?,20?,23-/m1/s1. The summed E-state index contributed by atoms with van der Waals surface area (Å²) in [6.07, 6.45) is 3.01. The fraction of sp³-hybridized carbons (Fsp3) is 0.304. The highest BCUT2D eigenvalue weighted by Crippen LogP contribution is 2.32. The summed E-state index contributed by atoms with van der Waals surface area (Å²) in [5.41, 5.74) is 3.17. The second kappa shape index (κ2) is 9.45. The summed E-state index contributed by atoms with van der Waals surface area (Å²) in [6, 6.07) is 7.58. The van der Waals surface area contributed by atoms with Gasteiger partial charge in [0.15, 0.2) is 23.0 Å². The molecule has 5 aromatic rings. The van der Waals surface area contributed by atoms with Gasteiger partial charge in [0.25, 0.3) is 0 Å². The summed E-state index contributed by atoms with van der Waals surface area (Å²) in [7, 11) is -4.49. The first kappa shape index (κ1) is 24.4. The minimum Gasteiger partial charge on any atom is -0.387 e. The van der Waals surface area contributed by atoms with Gasteiger partial charge >= 0.3 is 10.3 Å². The van der Waals surface area contributed by atoms with Crippen molar-refractivity contribution in [3.63, 3.8) is 0 Å². The molecular weight excluding hydrogens is 518 g/mol. The number of fused-ring (bicyclic) bond motifs is 4. The Balaban J connectivity index is 1.07. The maximum absolute atomic E-state index is 12.3. The number of aliphatic hydroxyl groups is 2. The SMILES string of the molecule is O=C(CCc1c[nH]c2ccccc12)NS(=O)(=O)OC[C@H]1O[C@@H](n2cnc3c2ncn2ccnc32)C(O)C1O. The summed E-state index contributed by atoms with van der Waals surface area (Å²) in [5.74, 6) is -0.748. The van der Waals surface area contributed by atoms with Gasteiger partial charge in [-0.25, -0.2) is 19.7 Å². The van der Waals surface area contributed by atoms with E-state index >= 15 is 0 Å². The lowest BCUT2D eigenvalue weighted by molar-refractivity contribution is -0.119. The van der Waals surface area contributed by atoms with E-state index in [0.29, 0.717) is 23.2 Å². The van der Waals surface area contributed by atoms with Crippen LogP contribution in [0.3, 0.4) is 0 Å². The Labute approximate surface area is 215 Å². The number of aromatic nitrogens is 6. The number of aryl methyl sites for hydroxylation is 1. The summed E-state index contributed by atoms with van der Waals surface area (Å²) in [6.45, 7) is -0.635. The van der Waals surface area contributed by atoms with Crippen LogP contribution in [0.4, 0.5) is 0 Å². The quantitative estimate of drug-likeness (QED) is 0.211. The normalized spacial score (nSPS) is 22.1. The number of carbonyl (C=O) groups is 1. The number of carbonyl (C=O) groups excluding carboxylic acids is 1. The molecule has 1 aliphatic rings. The molecule has 0 bridgehead atoms. The Hall–Kier alpha value is -3.89. The summed E-state index contributed by atoms with van der Waals surface area (Å²) >= 11 is 0. The minimum atomic E-state index is -4.49. The number of ether oxygens (including phenoxy) is 1. The second-order valence-electron chi connectivity index (χ2n) is 8.90. The number of hydrogen-bond donors (Lipinski definition) is 4. The molecule has 4 atom stereocenters. The van der Waals surface area contributed by atoms with Crippen LogP contribution < -0.4 is 4.72 Å². The van der Waals surface area contributed by atoms with Gasteiger partial charge in [0, 0.05) is 35.9 Å². The lowest BCUT2D eigenvalue weighted by Crippen LogP contribution is -2.37. The molecule has 4 aromatic heterocycles. The zero-order chi connectivity index (χ0) is 26.4. The number of aliphatic hydroxyl groups excluding tert-OH is 2. The van der Waals surface area contributed by atoms with E-state index in [1.807, 2.05) is 29.0 Å². The highest BCUT2D eigenvalue weighted by atomic mass is 32.2. The minimum absolute atomic E-state index is 0.0850. The van der Waals surface area contributed by atoms with E-state index in [1.54, 1.807) is 23.0 Å². The Morgan fingerprint density at radius 2 is 1.97 bits per heavy atom. The van der Waals surface area contributed by atoms with Gasteiger partial charge in [-0.15, -0.1) is 0 Å². The van der Waals surface area contributed by atoms with Crippen molar-refractivity contribution in [3.05, 3.63) is 61.1 Å². The van der Waals surface area contributed by atoms with Crippen LogP contribution in [0.15, 0.2) is 55.5 Å². The van der Waals surface area contributed by atoms with Crippen LogP contribution in [0, 0.1) is 0 Å². The van der Waals surface area contributed by atoms with Crippen molar-refractivity contribution in [2.75, 3.05) is 6.61 Å². The molecule has 1 aliphatic heterocycles. The smallest absolute Gasteiger partial charge is 0.362 e. The van der Waals surface area contributed by atoms with E-state index in [0.717, 1.165) is 16.5 Å². The van der Waals surface area contributed by atoms with Gasteiger partial charge < -0.3 is 19.9 Å². The lowest BCUT2D eigenvalue weighted by atomic mass is 10.1. The monoisotopic (exact) mass is 541 g/mol. The number of amides is 1. The van der Waals surface area contributed by atoms with Crippen molar-refractivity contribution >= 4 is 43.9 Å². The van der Waals surface area contributed by atoms with Gasteiger partial charge in [0.1, 0.15) is 24.6 Å². The van der Waals surface area contributed by atoms with Crippen molar-refractivity contribution in [3.8, 4) is 0 Å². The Bertz CT molecular complexity index is 1740. The van der Waals surface area contributed by atoms with E-state index in [-0.39, 0.29) is 6.42 Å². The first-order valence-corrected chi connectivity index (χ1v) is 13.1. The van der Waals surface area contributed by atoms with Gasteiger partial charge in [0.2, 0.25) is 5.91 Å².